The van der Waals surface area contributed by atoms with E-state index in [2.05, 4.69) is 10.3 Å². The van der Waals surface area contributed by atoms with Gasteiger partial charge in [0, 0.05) is 18.4 Å². The van der Waals surface area contributed by atoms with Crippen molar-refractivity contribution in [3.8, 4) is 11.3 Å². The number of carbonyl (C=O) groups is 2. The highest BCUT2D eigenvalue weighted by molar-refractivity contribution is 5.78. The van der Waals surface area contributed by atoms with Crippen LogP contribution in [0, 0.1) is 6.92 Å². The maximum atomic E-state index is 12.3. The van der Waals surface area contributed by atoms with E-state index < -0.39 is 11.5 Å². The standard InChI is InChI=1S/C20H24N2O4/c1-14-4-6-15(7-5-14)16-13-21-18(26-16)9-8-17(23)22-20(12-19(24)25)10-2-3-11-20/h4-7,13H,2-3,8-12H2,1H3,(H,22,23)(H,24,25). The number of oxazole rings is 1. The zero-order valence-electron chi connectivity index (χ0n) is 15.0. The molecule has 0 bridgehead atoms. The fraction of sp³-hybridized carbons (Fsp3) is 0.450. The Labute approximate surface area is 152 Å². The molecule has 138 valence electrons. The maximum Gasteiger partial charge on any atom is 0.305 e. The topological polar surface area (TPSA) is 92.4 Å². The van der Waals surface area contributed by atoms with Crippen LogP contribution in [0.2, 0.25) is 0 Å². The minimum atomic E-state index is -0.873. The van der Waals surface area contributed by atoms with Gasteiger partial charge in [0.25, 0.3) is 0 Å². The molecule has 0 radical (unpaired) electrons. The van der Waals surface area contributed by atoms with Crippen LogP contribution in [-0.2, 0) is 16.0 Å². The first-order valence-electron chi connectivity index (χ1n) is 9.00. The van der Waals surface area contributed by atoms with E-state index in [4.69, 9.17) is 9.52 Å². The summed E-state index contributed by atoms with van der Waals surface area (Å²) in [4.78, 5) is 27.6. The fourth-order valence-corrected chi connectivity index (χ4v) is 3.54. The van der Waals surface area contributed by atoms with Crippen LogP contribution in [0.5, 0.6) is 0 Å². The van der Waals surface area contributed by atoms with E-state index in [1.807, 2.05) is 31.2 Å². The molecule has 2 N–H and O–H groups in total. The number of nitrogens with one attached hydrogen (secondary N) is 1. The van der Waals surface area contributed by atoms with Crippen molar-refractivity contribution < 1.29 is 19.1 Å². The summed E-state index contributed by atoms with van der Waals surface area (Å²) in [6.45, 7) is 2.02. The molecule has 0 atom stereocenters. The molecule has 1 saturated carbocycles. The van der Waals surface area contributed by atoms with E-state index in [9.17, 15) is 9.59 Å². The van der Waals surface area contributed by atoms with Gasteiger partial charge < -0.3 is 14.8 Å². The predicted molar refractivity (Wildman–Crippen MR) is 96.6 cm³/mol. The zero-order chi connectivity index (χ0) is 18.6. The number of amides is 1. The fourth-order valence-electron chi connectivity index (χ4n) is 3.54. The number of carboxylic acid groups (broad SMARTS) is 1. The number of hydrogen-bond donors (Lipinski definition) is 2. The third-order valence-electron chi connectivity index (χ3n) is 4.91. The van der Waals surface area contributed by atoms with Gasteiger partial charge in [0.1, 0.15) is 0 Å². The van der Waals surface area contributed by atoms with Gasteiger partial charge in [0.15, 0.2) is 11.7 Å². The molecule has 1 aliphatic carbocycles. The Kier molecular flexibility index (Phi) is 5.40. The lowest BCUT2D eigenvalue weighted by Crippen LogP contribution is -2.47. The number of hydrogen-bond acceptors (Lipinski definition) is 4. The SMILES string of the molecule is Cc1ccc(-c2cnc(CCC(=O)NC3(CC(=O)O)CCCC3)o2)cc1. The highest BCUT2D eigenvalue weighted by atomic mass is 16.4. The van der Waals surface area contributed by atoms with Crippen molar-refractivity contribution in [2.75, 3.05) is 0 Å². The number of carboxylic acids is 1. The molecular weight excluding hydrogens is 332 g/mol. The Balaban J connectivity index is 1.56. The van der Waals surface area contributed by atoms with Crippen LogP contribution in [-0.4, -0.2) is 27.5 Å². The van der Waals surface area contributed by atoms with Crippen molar-refractivity contribution in [1.82, 2.24) is 10.3 Å². The summed E-state index contributed by atoms with van der Waals surface area (Å²) in [6.07, 6.45) is 5.62. The molecule has 0 spiro atoms. The first kappa shape index (κ1) is 18.2. The zero-order valence-corrected chi connectivity index (χ0v) is 15.0. The monoisotopic (exact) mass is 356 g/mol. The Morgan fingerprint density at radius 3 is 2.58 bits per heavy atom. The van der Waals surface area contributed by atoms with Gasteiger partial charge in [-0.1, -0.05) is 42.7 Å². The van der Waals surface area contributed by atoms with E-state index in [1.54, 1.807) is 6.20 Å². The Hall–Kier alpha value is -2.63. The van der Waals surface area contributed by atoms with Gasteiger partial charge in [0.2, 0.25) is 5.91 Å². The number of nitrogens with zero attached hydrogens (tertiary/aromatic N) is 1. The minimum absolute atomic E-state index is 0.0185. The average Bonchev–Trinajstić information content (AvgIpc) is 3.23. The third kappa shape index (κ3) is 4.50. The van der Waals surface area contributed by atoms with Crippen LogP contribution in [0.4, 0.5) is 0 Å². The molecule has 0 aliphatic heterocycles. The Morgan fingerprint density at radius 1 is 1.23 bits per heavy atom. The van der Waals surface area contributed by atoms with Gasteiger partial charge in [-0.05, 0) is 19.8 Å². The van der Waals surface area contributed by atoms with E-state index >= 15 is 0 Å². The quantitative estimate of drug-likeness (QED) is 0.792. The lowest BCUT2D eigenvalue weighted by atomic mass is 9.93. The van der Waals surface area contributed by atoms with Crippen LogP contribution in [0.15, 0.2) is 34.9 Å². The molecule has 0 saturated heterocycles. The normalized spacial score (nSPS) is 15.7. The number of aliphatic carboxylic acids is 1. The van der Waals surface area contributed by atoms with Gasteiger partial charge in [-0.15, -0.1) is 0 Å². The number of aromatic nitrogens is 1. The van der Waals surface area contributed by atoms with Crippen molar-refractivity contribution in [3.63, 3.8) is 0 Å². The molecule has 1 heterocycles. The molecule has 6 nitrogen and oxygen atoms in total. The van der Waals surface area contributed by atoms with E-state index in [1.165, 1.54) is 5.56 Å². The smallest absolute Gasteiger partial charge is 0.305 e. The van der Waals surface area contributed by atoms with E-state index in [0.29, 0.717) is 18.1 Å². The molecule has 1 aromatic carbocycles. The van der Waals surface area contributed by atoms with Gasteiger partial charge in [-0.2, -0.15) is 0 Å². The summed E-state index contributed by atoms with van der Waals surface area (Å²) in [7, 11) is 0. The second-order valence-electron chi connectivity index (χ2n) is 7.09. The summed E-state index contributed by atoms with van der Waals surface area (Å²) in [6, 6.07) is 7.97. The Bertz CT molecular complexity index is 773. The lowest BCUT2D eigenvalue weighted by molar-refractivity contribution is -0.139. The van der Waals surface area contributed by atoms with Crippen LogP contribution < -0.4 is 5.32 Å². The number of rotatable bonds is 7. The first-order chi connectivity index (χ1) is 12.5. The molecule has 26 heavy (non-hydrogen) atoms. The molecule has 3 rings (SSSR count). The first-order valence-corrected chi connectivity index (χ1v) is 9.00. The molecule has 0 unspecified atom stereocenters. The molecule has 1 aromatic heterocycles. The highest BCUT2D eigenvalue weighted by Gasteiger charge is 2.37. The summed E-state index contributed by atoms with van der Waals surface area (Å²) in [5.74, 6) is 0.166. The number of aryl methyl sites for hydroxylation is 2. The van der Waals surface area contributed by atoms with Crippen molar-refractivity contribution in [1.29, 1.82) is 0 Å². The maximum absolute atomic E-state index is 12.3. The van der Waals surface area contributed by atoms with Gasteiger partial charge in [0.05, 0.1) is 18.2 Å². The summed E-state index contributed by atoms with van der Waals surface area (Å²) in [5, 5.41) is 12.1. The van der Waals surface area contributed by atoms with Crippen molar-refractivity contribution in [2.24, 2.45) is 0 Å². The second-order valence-corrected chi connectivity index (χ2v) is 7.09. The van der Waals surface area contributed by atoms with Crippen LogP contribution >= 0.6 is 0 Å². The Morgan fingerprint density at radius 2 is 1.92 bits per heavy atom. The van der Waals surface area contributed by atoms with Crippen LogP contribution in [0.25, 0.3) is 11.3 Å². The van der Waals surface area contributed by atoms with Gasteiger partial charge in [-0.25, -0.2) is 4.98 Å². The summed E-state index contributed by atoms with van der Waals surface area (Å²) in [5.41, 5.74) is 1.53. The molecule has 1 amide bonds. The van der Waals surface area contributed by atoms with Crippen molar-refractivity contribution >= 4 is 11.9 Å². The number of benzene rings is 1. The van der Waals surface area contributed by atoms with Gasteiger partial charge >= 0.3 is 5.97 Å². The van der Waals surface area contributed by atoms with E-state index in [-0.39, 0.29) is 18.7 Å². The molecular formula is C20H24N2O4. The van der Waals surface area contributed by atoms with E-state index in [0.717, 1.165) is 31.2 Å². The molecule has 1 aliphatic rings. The lowest BCUT2D eigenvalue weighted by Gasteiger charge is -2.28. The van der Waals surface area contributed by atoms with Gasteiger partial charge in [-0.3, -0.25) is 9.59 Å². The largest absolute Gasteiger partial charge is 0.481 e. The highest BCUT2D eigenvalue weighted by Crippen LogP contribution is 2.32. The van der Waals surface area contributed by atoms with Crippen LogP contribution in [0.1, 0.15) is 50.0 Å². The average molecular weight is 356 g/mol. The van der Waals surface area contributed by atoms with Crippen molar-refractivity contribution in [3.05, 3.63) is 41.9 Å². The van der Waals surface area contributed by atoms with Crippen molar-refractivity contribution in [2.45, 2.75) is 57.4 Å². The minimum Gasteiger partial charge on any atom is -0.481 e. The second kappa shape index (κ2) is 7.72. The molecule has 1 fully saturated rings. The third-order valence-corrected chi connectivity index (χ3v) is 4.91. The predicted octanol–water partition coefficient (Wildman–Crippen LogP) is 3.49. The molecule has 6 heteroatoms. The van der Waals surface area contributed by atoms with Crippen LogP contribution in [0.3, 0.4) is 0 Å². The molecule has 2 aromatic rings. The summed E-state index contributed by atoms with van der Waals surface area (Å²) < 4.78 is 5.73. The number of carbonyl (C=O) groups excluding carboxylic acids is 1. The summed E-state index contributed by atoms with van der Waals surface area (Å²) >= 11 is 0.